The molecule has 0 amide bonds. The molecule has 6 heteroatoms. The van der Waals surface area contributed by atoms with Crippen LogP contribution in [0.25, 0.3) is 11.6 Å². The summed E-state index contributed by atoms with van der Waals surface area (Å²) in [6.45, 7) is 2.23. The molecule has 2 heterocycles. The maximum Gasteiger partial charge on any atom is 0.280 e. The van der Waals surface area contributed by atoms with Crippen molar-refractivity contribution in [1.82, 2.24) is 15.3 Å². The van der Waals surface area contributed by atoms with Crippen molar-refractivity contribution in [2.45, 2.75) is 44.6 Å². The minimum absolute atomic E-state index is 0.367. The molecule has 0 atom stereocenters. The summed E-state index contributed by atoms with van der Waals surface area (Å²) in [5, 5.41) is 7.81. The molecule has 0 aromatic carbocycles. The Hall–Kier alpha value is -1.69. The monoisotopic (exact) mass is 262 g/mol. The second-order valence-electron chi connectivity index (χ2n) is 5.32. The normalized spacial score (nSPS) is 27.6. The lowest BCUT2D eigenvalue weighted by molar-refractivity contribution is 0.216. The van der Waals surface area contributed by atoms with Gasteiger partial charge >= 0.3 is 0 Å². The SMILES string of the molecule is CCC1CCC(N)(c2noc(-c3ccon3)n2)CC1. The van der Waals surface area contributed by atoms with Crippen LogP contribution in [0.5, 0.6) is 0 Å². The molecule has 0 radical (unpaired) electrons. The molecule has 0 unspecified atom stereocenters. The van der Waals surface area contributed by atoms with Gasteiger partial charge in [-0.1, -0.05) is 23.7 Å². The summed E-state index contributed by atoms with van der Waals surface area (Å²) >= 11 is 0. The van der Waals surface area contributed by atoms with Gasteiger partial charge in [-0.15, -0.1) is 0 Å². The van der Waals surface area contributed by atoms with Gasteiger partial charge in [0.25, 0.3) is 5.89 Å². The van der Waals surface area contributed by atoms with Crippen LogP contribution in [0.1, 0.15) is 44.9 Å². The molecule has 2 aromatic rings. The van der Waals surface area contributed by atoms with E-state index < -0.39 is 5.54 Å². The maximum atomic E-state index is 6.44. The molecule has 102 valence electrons. The van der Waals surface area contributed by atoms with Gasteiger partial charge in [0, 0.05) is 6.07 Å². The summed E-state index contributed by atoms with van der Waals surface area (Å²) in [6, 6.07) is 1.69. The number of nitrogens with two attached hydrogens (primary N) is 1. The maximum absolute atomic E-state index is 6.44. The smallest absolute Gasteiger partial charge is 0.280 e. The topological polar surface area (TPSA) is 91.0 Å². The van der Waals surface area contributed by atoms with Crippen LogP contribution in [-0.2, 0) is 5.54 Å². The van der Waals surface area contributed by atoms with Crippen molar-refractivity contribution in [3.63, 3.8) is 0 Å². The average Bonchev–Trinajstić information content (AvgIpc) is 3.10. The van der Waals surface area contributed by atoms with Crippen LogP contribution in [0.2, 0.25) is 0 Å². The summed E-state index contributed by atoms with van der Waals surface area (Å²) in [5.74, 6) is 1.73. The average molecular weight is 262 g/mol. The quantitative estimate of drug-likeness (QED) is 0.913. The van der Waals surface area contributed by atoms with E-state index in [2.05, 4.69) is 22.2 Å². The van der Waals surface area contributed by atoms with Gasteiger partial charge in [-0.05, 0) is 31.6 Å². The highest BCUT2D eigenvalue weighted by Crippen LogP contribution is 2.37. The lowest BCUT2D eigenvalue weighted by Crippen LogP contribution is -2.41. The second kappa shape index (κ2) is 4.77. The minimum Gasteiger partial charge on any atom is -0.364 e. The van der Waals surface area contributed by atoms with E-state index in [0.717, 1.165) is 31.6 Å². The first-order valence-electron chi connectivity index (χ1n) is 6.75. The molecule has 2 aromatic heterocycles. The van der Waals surface area contributed by atoms with E-state index in [1.807, 2.05) is 0 Å². The molecule has 0 spiro atoms. The Morgan fingerprint density at radius 3 is 2.79 bits per heavy atom. The van der Waals surface area contributed by atoms with E-state index in [1.54, 1.807) is 6.07 Å². The predicted molar refractivity (Wildman–Crippen MR) is 67.9 cm³/mol. The molecule has 3 rings (SSSR count). The number of rotatable bonds is 3. The van der Waals surface area contributed by atoms with Gasteiger partial charge in [-0.2, -0.15) is 4.98 Å². The van der Waals surface area contributed by atoms with Crippen molar-refractivity contribution in [2.24, 2.45) is 11.7 Å². The molecule has 1 aliphatic rings. The molecule has 19 heavy (non-hydrogen) atoms. The highest BCUT2D eigenvalue weighted by Gasteiger charge is 2.37. The van der Waals surface area contributed by atoms with Crippen LogP contribution in [-0.4, -0.2) is 15.3 Å². The first-order chi connectivity index (χ1) is 9.21. The molecule has 6 nitrogen and oxygen atoms in total. The zero-order chi connectivity index (χ0) is 13.3. The van der Waals surface area contributed by atoms with Gasteiger partial charge in [0.1, 0.15) is 6.26 Å². The van der Waals surface area contributed by atoms with Gasteiger partial charge in [-0.3, -0.25) is 0 Å². The lowest BCUT2D eigenvalue weighted by Gasteiger charge is -2.34. The predicted octanol–water partition coefficient (Wildman–Crippen LogP) is 2.48. The van der Waals surface area contributed by atoms with Crippen molar-refractivity contribution in [1.29, 1.82) is 0 Å². The van der Waals surface area contributed by atoms with Gasteiger partial charge in [0.2, 0.25) is 0 Å². The van der Waals surface area contributed by atoms with E-state index in [9.17, 15) is 0 Å². The van der Waals surface area contributed by atoms with Crippen LogP contribution in [0.3, 0.4) is 0 Å². The van der Waals surface area contributed by atoms with Gasteiger partial charge in [0.05, 0.1) is 5.54 Å². The van der Waals surface area contributed by atoms with Crippen LogP contribution in [0, 0.1) is 5.92 Å². The van der Waals surface area contributed by atoms with Crippen molar-refractivity contribution < 1.29 is 9.05 Å². The molecule has 0 aliphatic heterocycles. The Morgan fingerprint density at radius 1 is 1.37 bits per heavy atom. The number of hydrogen-bond acceptors (Lipinski definition) is 6. The van der Waals surface area contributed by atoms with E-state index >= 15 is 0 Å². The Bertz CT molecular complexity index is 527. The zero-order valence-electron chi connectivity index (χ0n) is 11.0. The van der Waals surface area contributed by atoms with E-state index in [4.69, 9.17) is 14.8 Å². The molecular weight excluding hydrogens is 244 g/mol. The first-order valence-corrected chi connectivity index (χ1v) is 6.75. The fourth-order valence-corrected chi connectivity index (χ4v) is 2.68. The Kier molecular flexibility index (Phi) is 3.10. The van der Waals surface area contributed by atoms with Crippen molar-refractivity contribution >= 4 is 0 Å². The highest BCUT2D eigenvalue weighted by molar-refractivity contribution is 5.44. The summed E-state index contributed by atoms with van der Waals surface area (Å²) in [7, 11) is 0. The number of hydrogen-bond donors (Lipinski definition) is 1. The Morgan fingerprint density at radius 2 is 2.16 bits per heavy atom. The van der Waals surface area contributed by atoms with E-state index in [0.29, 0.717) is 17.4 Å². The molecule has 1 aliphatic carbocycles. The molecule has 0 saturated heterocycles. The third-order valence-corrected chi connectivity index (χ3v) is 4.10. The fraction of sp³-hybridized carbons (Fsp3) is 0.615. The van der Waals surface area contributed by atoms with Crippen molar-refractivity contribution in [2.75, 3.05) is 0 Å². The van der Waals surface area contributed by atoms with E-state index in [1.165, 1.54) is 12.7 Å². The summed E-state index contributed by atoms with van der Waals surface area (Å²) in [6.07, 6.45) is 6.75. The zero-order valence-corrected chi connectivity index (χ0v) is 11.0. The van der Waals surface area contributed by atoms with Gasteiger partial charge in [-0.25, -0.2) is 0 Å². The van der Waals surface area contributed by atoms with Crippen molar-refractivity contribution in [3.05, 3.63) is 18.2 Å². The third kappa shape index (κ3) is 2.28. The first kappa shape index (κ1) is 12.3. The highest BCUT2D eigenvalue weighted by atomic mass is 16.5. The molecule has 2 N–H and O–H groups in total. The Labute approximate surface area is 111 Å². The Balaban J connectivity index is 1.79. The van der Waals surface area contributed by atoms with Crippen LogP contribution < -0.4 is 5.73 Å². The van der Waals surface area contributed by atoms with Gasteiger partial charge < -0.3 is 14.8 Å². The molecular formula is C13H18N4O2. The number of aromatic nitrogens is 3. The van der Waals surface area contributed by atoms with Gasteiger partial charge in [0.15, 0.2) is 11.5 Å². The second-order valence-corrected chi connectivity index (χ2v) is 5.32. The minimum atomic E-state index is -0.461. The lowest BCUT2D eigenvalue weighted by atomic mass is 9.76. The molecule has 1 fully saturated rings. The molecule has 1 saturated carbocycles. The summed E-state index contributed by atoms with van der Waals surface area (Å²) in [4.78, 5) is 4.37. The standard InChI is InChI=1S/C13H18N4O2/c1-2-9-3-6-13(14,7-4-9)12-15-11(19-17-12)10-5-8-18-16-10/h5,8-9H,2-4,6-7,14H2,1H3. The molecule has 0 bridgehead atoms. The number of nitrogens with zero attached hydrogens (tertiary/aromatic N) is 3. The van der Waals surface area contributed by atoms with Crippen LogP contribution >= 0.6 is 0 Å². The van der Waals surface area contributed by atoms with Crippen LogP contribution in [0.4, 0.5) is 0 Å². The largest absolute Gasteiger partial charge is 0.364 e. The summed E-state index contributed by atoms with van der Waals surface area (Å²) in [5.41, 5.74) is 6.52. The van der Waals surface area contributed by atoms with Crippen molar-refractivity contribution in [3.8, 4) is 11.6 Å². The fourth-order valence-electron chi connectivity index (χ4n) is 2.68. The summed E-state index contributed by atoms with van der Waals surface area (Å²) < 4.78 is 9.99. The van der Waals surface area contributed by atoms with E-state index in [-0.39, 0.29) is 0 Å². The third-order valence-electron chi connectivity index (χ3n) is 4.10. The van der Waals surface area contributed by atoms with Crippen LogP contribution in [0.15, 0.2) is 21.4 Å².